The van der Waals surface area contributed by atoms with Gasteiger partial charge in [0.2, 0.25) is 0 Å². The van der Waals surface area contributed by atoms with Crippen molar-refractivity contribution >= 4 is 52.2 Å². The number of terminal acetylenes is 1. The number of aryl methyl sites for hydroxylation is 1. The maximum absolute atomic E-state index is 13.9. The van der Waals surface area contributed by atoms with E-state index in [0.717, 1.165) is 23.5 Å². The lowest BCUT2D eigenvalue weighted by Crippen LogP contribution is -2.42. The predicted molar refractivity (Wildman–Crippen MR) is 123 cm³/mol. The third-order valence-corrected chi connectivity index (χ3v) is 6.17. The molecule has 0 radical (unpaired) electrons. The van der Waals surface area contributed by atoms with Crippen LogP contribution in [0.2, 0.25) is 10.0 Å². The molecule has 2 aromatic rings. The highest BCUT2D eigenvalue weighted by atomic mass is 35.5. The van der Waals surface area contributed by atoms with Crippen LogP contribution in [-0.2, 0) is 10.4 Å². The Morgan fingerprint density at radius 1 is 1.38 bits per heavy atom. The number of oxime groups is 1. The Kier molecular flexibility index (Phi) is 8.83. The quantitative estimate of drug-likeness (QED) is 0.347. The molecule has 0 amide bonds. The summed E-state index contributed by atoms with van der Waals surface area (Å²) in [5, 5.41) is 25.3. The second-order valence-electron chi connectivity index (χ2n) is 6.80. The van der Waals surface area contributed by atoms with Crippen LogP contribution < -0.4 is 10.4 Å². The zero-order chi connectivity index (χ0) is 25.7. The first kappa shape index (κ1) is 27.3. The van der Waals surface area contributed by atoms with Crippen molar-refractivity contribution in [2.45, 2.75) is 25.1 Å². The van der Waals surface area contributed by atoms with E-state index in [-0.39, 0.29) is 38.8 Å². The molecule has 2 heterocycles. The van der Waals surface area contributed by atoms with Crippen LogP contribution in [0.15, 0.2) is 34.4 Å². The number of nitrogens with zero attached hydrogens (tertiary/aromatic N) is 2. The van der Waals surface area contributed by atoms with Crippen molar-refractivity contribution < 1.29 is 33.0 Å². The monoisotopic (exact) mass is 534 g/mol. The molecule has 34 heavy (non-hydrogen) atoms. The molecule has 7 nitrogen and oxygen atoms in total. The Morgan fingerprint density at radius 2 is 2.00 bits per heavy atom. The summed E-state index contributed by atoms with van der Waals surface area (Å²) in [4.78, 5) is 19.7. The van der Waals surface area contributed by atoms with Gasteiger partial charge in [-0.2, -0.15) is 13.2 Å². The lowest BCUT2D eigenvalue weighted by atomic mass is 9.88. The molecule has 2 N–H and O–H groups in total. The number of hydrogen-bond acceptors (Lipinski definition) is 6. The van der Waals surface area contributed by atoms with Crippen molar-refractivity contribution in [3.63, 3.8) is 0 Å². The Labute approximate surface area is 206 Å². The van der Waals surface area contributed by atoms with Crippen molar-refractivity contribution in [3.8, 4) is 12.3 Å². The van der Waals surface area contributed by atoms with Crippen molar-refractivity contribution in [3.05, 3.63) is 55.2 Å². The minimum Gasteiger partial charge on any atom is -0.846 e. The number of hydrogen-bond donors (Lipinski definition) is 2. The number of aliphatic imine (C=N–C) groups is 1. The molecule has 3 rings (SSSR count). The van der Waals surface area contributed by atoms with Crippen LogP contribution in [0.4, 0.5) is 13.2 Å². The van der Waals surface area contributed by atoms with E-state index in [0.29, 0.717) is 10.4 Å². The van der Waals surface area contributed by atoms with Crippen LogP contribution >= 0.6 is 34.5 Å². The highest BCUT2D eigenvalue weighted by Crippen LogP contribution is 2.50. The first-order chi connectivity index (χ1) is 15.8. The molecule has 13 heteroatoms. The number of carbonyl (C=O) groups is 1. The van der Waals surface area contributed by atoms with E-state index in [1.165, 1.54) is 19.2 Å². The minimum absolute atomic E-state index is 0.0130. The number of nitrogens with one attached hydrogen (secondary N) is 1. The summed E-state index contributed by atoms with van der Waals surface area (Å²) in [6, 6.07) is 4.68. The Morgan fingerprint density at radius 3 is 2.47 bits per heavy atom. The van der Waals surface area contributed by atoms with Gasteiger partial charge in [-0.3, -0.25) is 4.99 Å². The maximum atomic E-state index is 13.9. The van der Waals surface area contributed by atoms with Gasteiger partial charge in [-0.1, -0.05) is 34.3 Å². The van der Waals surface area contributed by atoms with Crippen molar-refractivity contribution in [2.75, 3.05) is 13.6 Å². The number of amidine groups is 1. The SMILES string of the molecule is C#CCNC([O-])=NC.Cc1cc(C2=NOC(c3cc(Cl)cc(Cl)c3)(C(F)(F)F)C2)sc1C(=O)O. The Hall–Kier alpha value is -2.94. The number of alkyl halides is 3. The number of carboxylic acid groups (broad SMARTS) is 1. The van der Waals surface area contributed by atoms with Gasteiger partial charge in [-0.15, -0.1) is 17.8 Å². The molecule has 1 aliphatic rings. The lowest BCUT2D eigenvalue weighted by Gasteiger charge is -2.29. The smallest absolute Gasteiger partial charge is 0.435 e. The van der Waals surface area contributed by atoms with Crippen molar-refractivity contribution in [1.82, 2.24) is 5.32 Å². The number of carboxylic acids is 1. The zero-order valence-electron chi connectivity index (χ0n) is 17.7. The lowest BCUT2D eigenvalue weighted by molar-refractivity contribution is -0.275. The molecule has 0 fully saturated rings. The maximum Gasteiger partial charge on any atom is 0.435 e. The molecule has 0 aliphatic carbocycles. The van der Waals surface area contributed by atoms with Crippen LogP contribution in [-0.4, -0.2) is 42.6 Å². The van der Waals surface area contributed by atoms with E-state index < -0.39 is 24.2 Å². The fraction of sp³-hybridized carbons (Fsp3) is 0.286. The molecule has 0 saturated carbocycles. The molecular formula is C21H17Cl2F3N3O4S-. The molecule has 1 aromatic heterocycles. The van der Waals surface area contributed by atoms with E-state index in [1.807, 2.05) is 0 Å². The number of benzene rings is 1. The van der Waals surface area contributed by atoms with Crippen LogP contribution in [0.5, 0.6) is 0 Å². The third kappa shape index (κ3) is 6.14. The topological polar surface area (TPSA) is 106 Å². The predicted octanol–water partition coefficient (Wildman–Crippen LogP) is 4.20. The molecule has 1 aromatic carbocycles. The summed E-state index contributed by atoms with van der Waals surface area (Å²) in [5.41, 5.74) is -2.56. The standard InChI is InChI=1S/C16H10Cl2F3NO3S.C5H8N2O/c1-7-2-12(26-13(7)14(23)24)11-6-15(25-22-11,16(19,20)21)8-3-9(17)5-10(18)4-8;1-3-4-7-5(8)6-2/h2-5H,6H2,1H3,(H,23,24);1H,4H2,2H3,(H2,6,7,8)/p-1. The van der Waals surface area contributed by atoms with Gasteiger partial charge in [0.05, 0.1) is 17.8 Å². The summed E-state index contributed by atoms with van der Waals surface area (Å²) in [7, 11) is 1.41. The first-order valence-electron chi connectivity index (χ1n) is 9.28. The van der Waals surface area contributed by atoms with E-state index in [2.05, 4.69) is 21.4 Å². The number of aromatic carboxylic acids is 1. The molecule has 1 unspecified atom stereocenters. The molecule has 0 saturated heterocycles. The molecule has 1 aliphatic heterocycles. The fourth-order valence-corrected chi connectivity index (χ4v) is 4.38. The van der Waals surface area contributed by atoms with Gasteiger partial charge in [0.15, 0.2) is 0 Å². The highest BCUT2D eigenvalue weighted by molar-refractivity contribution is 7.16. The molecule has 0 bridgehead atoms. The average Bonchev–Trinajstić information content (AvgIpc) is 3.36. The fourth-order valence-electron chi connectivity index (χ4n) is 2.87. The number of thiophene rings is 1. The van der Waals surface area contributed by atoms with Crippen molar-refractivity contribution in [1.29, 1.82) is 0 Å². The second kappa shape index (κ2) is 11.0. The van der Waals surface area contributed by atoms with Gasteiger partial charge in [0, 0.05) is 28.7 Å². The van der Waals surface area contributed by atoms with E-state index in [9.17, 15) is 23.1 Å². The summed E-state index contributed by atoms with van der Waals surface area (Å²) < 4.78 is 41.7. The normalized spacial score (nSPS) is 17.7. The van der Waals surface area contributed by atoms with Gasteiger partial charge in [0.25, 0.3) is 5.60 Å². The van der Waals surface area contributed by atoms with Crippen LogP contribution in [0.1, 0.15) is 32.1 Å². The molecule has 1 atom stereocenters. The van der Waals surface area contributed by atoms with E-state index in [1.54, 1.807) is 6.92 Å². The summed E-state index contributed by atoms with van der Waals surface area (Å²) >= 11 is 12.5. The zero-order valence-corrected chi connectivity index (χ0v) is 20.0. The largest absolute Gasteiger partial charge is 0.846 e. The Balaban J connectivity index is 0.000000440. The van der Waals surface area contributed by atoms with Gasteiger partial charge >= 0.3 is 12.1 Å². The number of rotatable bonds is 4. The van der Waals surface area contributed by atoms with Gasteiger partial charge in [0.1, 0.15) is 10.6 Å². The summed E-state index contributed by atoms with van der Waals surface area (Å²) in [6.45, 7) is 1.81. The third-order valence-electron chi connectivity index (χ3n) is 4.46. The summed E-state index contributed by atoms with van der Waals surface area (Å²) in [5.74, 6) is 1.09. The van der Waals surface area contributed by atoms with Crippen LogP contribution in [0.25, 0.3) is 0 Å². The second-order valence-corrected chi connectivity index (χ2v) is 8.73. The Bertz CT molecular complexity index is 1150. The van der Waals surface area contributed by atoms with Crippen molar-refractivity contribution in [2.24, 2.45) is 10.1 Å². The van der Waals surface area contributed by atoms with Gasteiger partial charge < -0.3 is 20.4 Å². The van der Waals surface area contributed by atoms with Gasteiger partial charge in [-0.05, 0) is 36.8 Å². The molecular weight excluding hydrogens is 518 g/mol. The van der Waals surface area contributed by atoms with Crippen LogP contribution in [0.3, 0.4) is 0 Å². The van der Waals surface area contributed by atoms with E-state index >= 15 is 0 Å². The molecule has 0 spiro atoms. The number of halogens is 5. The van der Waals surface area contributed by atoms with E-state index in [4.69, 9.17) is 39.6 Å². The summed E-state index contributed by atoms with van der Waals surface area (Å²) in [6.07, 6.45) is -0.591. The van der Waals surface area contributed by atoms with Gasteiger partial charge in [-0.25, -0.2) is 4.79 Å². The first-order valence-corrected chi connectivity index (χ1v) is 10.9. The van der Waals surface area contributed by atoms with Crippen LogP contribution in [0, 0.1) is 19.3 Å². The minimum atomic E-state index is -4.80. The highest BCUT2D eigenvalue weighted by Gasteiger charge is 2.62. The molecule has 182 valence electrons. The average molecular weight is 535 g/mol.